The molecular formula is C16H20BrN5O2. The van der Waals surface area contributed by atoms with Gasteiger partial charge in [-0.1, -0.05) is 0 Å². The molecule has 7 nitrogen and oxygen atoms in total. The summed E-state index contributed by atoms with van der Waals surface area (Å²) in [7, 11) is 0. The number of furan rings is 1. The molecule has 0 bridgehead atoms. The first-order chi connectivity index (χ1) is 11.6. The Hall–Kier alpha value is -1.67. The molecule has 0 radical (unpaired) electrons. The second kappa shape index (κ2) is 6.33. The molecule has 0 spiro atoms. The first-order valence-electron chi connectivity index (χ1n) is 8.31. The molecule has 0 aliphatic carbocycles. The number of halogens is 1. The molecule has 8 heteroatoms. The van der Waals surface area contributed by atoms with Crippen molar-refractivity contribution in [1.29, 1.82) is 0 Å². The molecular weight excluding hydrogens is 374 g/mol. The fourth-order valence-electron chi connectivity index (χ4n) is 3.56. The van der Waals surface area contributed by atoms with Gasteiger partial charge in [0.25, 0.3) is 5.91 Å². The van der Waals surface area contributed by atoms with Crippen molar-refractivity contribution >= 4 is 21.8 Å². The van der Waals surface area contributed by atoms with Gasteiger partial charge in [-0.3, -0.25) is 4.79 Å². The molecule has 4 heterocycles. The highest BCUT2D eigenvalue weighted by molar-refractivity contribution is 9.10. The summed E-state index contributed by atoms with van der Waals surface area (Å²) in [4.78, 5) is 14.5. The molecule has 1 saturated heterocycles. The van der Waals surface area contributed by atoms with Crippen molar-refractivity contribution in [3.8, 4) is 0 Å². The number of rotatable bonds is 2. The normalized spacial score (nSPS) is 18.7. The largest absolute Gasteiger partial charge is 0.444 e. The van der Waals surface area contributed by atoms with Crippen molar-refractivity contribution in [2.75, 3.05) is 19.6 Å². The molecule has 0 saturated carbocycles. The lowest BCUT2D eigenvalue weighted by molar-refractivity contribution is 0.0675. The van der Waals surface area contributed by atoms with Crippen molar-refractivity contribution in [1.82, 2.24) is 25.0 Å². The van der Waals surface area contributed by atoms with E-state index >= 15 is 0 Å². The molecule has 1 fully saturated rings. The summed E-state index contributed by atoms with van der Waals surface area (Å²) in [6.07, 6.45) is 1.83. The van der Waals surface area contributed by atoms with E-state index in [1.54, 1.807) is 0 Å². The van der Waals surface area contributed by atoms with Crippen molar-refractivity contribution in [2.24, 2.45) is 0 Å². The van der Waals surface area contributed by atoms with Crippen molar-refractivity contribution < 1.29 is 9.21 Å². The number of carbonyl (C=O) groups is 1. The third kappa shape index (κ3) is 2.77. The zero-order valence-electron chi connectivity index (χ0n) is 13.6. The summed E-state index contributed by atoms with van der Waals surface area (Å²) >= 11 is 3.29. The minimum atomic E-state index is -0.0240. The number of piperidine rings is 1. The van der Waals surface area contributed by atoms with Gasteiger partial charge in [-0.25, -0.2) is 0 Å². The zero-order valence-corrected chi connectivity index (χ0v) is 15.2. The molecule has 0 atom stereocenters. The van der Waals surface area contributed by atoms with Gasteiger partial charge in [0.1, 0.15) is 11.6 Å². The Morgan fingerprint density at radius 3 is 2.83 bits per heavy atom. The lowest BCUT2D eigenvalue weighted by atomic mass is 9.95. The second-order valence-electron chi connectivity index (χ2n) is 6.43. The van der Waals surface area contributed by atoms with Crippen molar-refractivity contribution in [3.63, 3.8) is 0 Å². The maximum absolute atomic E-state index is 12.6. The summed E-state index contributed by atoms with van der Waals surface area (Å²) in [6, 6.07) is 1.83. The van der Waals surface area contributed by atoms with Gasteiger partial charge in [0.2, 0.25) is 0 Å². The molecule has 128 valence electrons. The topological polar surface area (TPSA) is 76.2 Å². The number of fused-ring (bicyclic) bond motifs is 1. The number of likely N-dealkylation sites (tertiary alicyclic amines) is 1. The Kier molecular flexibility index (Phi) is 4.17. The summed E-state index contributed by atoms with van der Waals surface area (Å²) in [5.41, 5.74) is 0.869. The monoisotopic (exact) mass is 393 g/mol. The van der Waals surface area contributed by atoms with Crippen LogP contribution in [0.1, 0.15) is 46.5 Å². The highest BCUT2D eigenvalue weighted by Crippen LogP contribution is 2.29. The Bertz CT molecular complexity index is 761. The fraction of sp³-hybridized carbons (Fsp3) is 0.562. The summed E-state index contributed by atoms with van der Waals surface area (Å²) in [6.45, 7) is 6.02. The number of carbonyl (C=O) groups excluding carboxylic acids is 1. The quantitative estimate of drug-likeness (QED) is 0.844. The van der Waals surface area contributed by atoms with E-state index in [0.29, 0.717) is 16.3 Å². The standard InChI is InChI=1S/C16H20BrN5O2/c1-10-8-12(17)24-14(10)16(23)21-5-2-11(3-6-21)15-20-19-13-9-18-4-7-22(13)15/h8,11,18H,2-7,9H2,1H3. The average molecular weight is 394 g/mol. The molecule has 24 heavy (non-hydrogen) atoms. The molecule has 0 aromatic carbocycles. The van der Waals surface area contributed by atoms with Gasteiger partial charge in [-0.05, 0) is 41.8 Å². The first kappa shape index (κ1) is 15.8. The van der Waals surface area contributed by atoms with Crippen molar-refractivity contribution in [3.05, 3.63) is 33.7 Å². The van der Waals surface area contributed by atoms with Gasteiger partial charge in [-0.2, -0.15) is 0 Å². The van der Waals surface area contributed by atoms with Crippen LogP contribution in [0.25, 0.3) is 0 Å². The number of nitrogens with zero attached hydrogens (tertiary/aromatic N) is 4. The van der Waals surface area contributed by atoms with Crippen molar-refractivity contribution in [2.45, 2.75) is 38.8 Å². The van der Waals surface area contributed by atoms with E-state index in [2.05, 4.69) is 36.0 Å². The van der Waals surface area contributed by atoms with Crippen LogP contribution in [0.15, 0.2) is 15.2 Å². The van der Waals surface area contributed by atoms with E-state index in [1.165, 1.54) is 0 Å². The van der Waals surface area contributed by atoms with Gasteiger partial charge in [0.15, 0.2) is 10.4 Å². The van der Waals surface area contributed by atoms with Gasteiger partial charge in [0.05, 0.1) is 6.54 Å². The molecule has 1 N–H and O–H groups in total. The van der Waals surface area contributed by atoms with E-state index in [1.807, 2.05) is 17.9 Å². The summed E-state index contributed by atoms with van der Waals surface area (Å²) in [5.74, 6) is 2.88. The Morgan fingerprint density at radius 1 is 1.33 bits per heavy atom. The predicted molar refractivity (Wildman–Crippen MR) is 90.8 cm³/mol. The Morgan fingerprint density at radius 2 is 2.12 bits per heavy atom. The lowest BCUT2D eigenvalue weighted by Gasteiger charge is -2.31. The van der Waals surface area contributed by atoms with Gasteiger partial charge >= 0.3 is 0 Å². The third-order valence-electron chi connectivity index (χ3n) is 4.88. The van der Waals surface area contributed by atoms with Crippen LogP contribution >= 0.6 is 15.9 Å². The highest BCUT2D eigenvalue weighted by Gasteiger charge is 2.30. The van der Waals surface area contributed by atoms with Gasteiger partial charge in [0, 0.05) is 37.7 Å². The third-order valence-corrected chi connectivity index (χ3v) is 5.27. The van der Waals surface area contributed by atoms with E-state index in [9.17, 15) is 4.79 Å². The molecule has 0 unspecified atom stereocenters. The number of hydrogen-bond acceptors (Lipinski definition) is 5. The number of aromatic nitrogens is 3. The maximum atomic E-state index is 12.6. The smallest absolute Gasteiger partial charge is 0.289 e. The van der Waals surface area contributed by atoms with Crippen LogP contribution in [0, 0.1) is 6.92 Å². The van der Waals surface area contributed by atoms with E-state index in [-0.39, 0.29) is 5.91 Å². The highest BCUT2D eigenvalue weighted by atomic mass is 79.9. The molecule has 2 aliphatic heterocycles. The Labute approximate surface area is 148 Å². The van der Waals surface area contributed by atoms with Crippen LogP contribution in [0.3, 0.4) is 0 Å². The van der Waals surface area contributed by atoms with Crippen LogP contribution in [-0.4, -0.2) is 45.2 Å². The predicted octanol–water partition coefficient (Wildman–Crippen LogP) is 2.07. The van der Waals surface area contributed by atoms with Crippen LogP contribution < -0.4 is 5.32 Å². The number of amides is 1. The minimum Gasteiger partial charge on any atom is -0.444 e. The maximum Gasteiger partial charge on any atom is 0.289 e. The summed E-state index contributed by atoms with van der Waals surface area (Å²) in [5, 5.41) is 12.0. The molecule has 2 aromatic rings. The molecule has 1 amide bonds. The molecule has 4 rings (SSSR count). The zero-order chi connectivity index (χ0) is 16.7. The minimum absolute atomic E-state index is 0.0240. The van der Waals surface area contributed by atoms with Crippen LogP contribution in [-0.2, 0) is 13.1 Å². The number of nitrogens with one attached hydrogen (secondary N) is 1. The van der Waals surface area contributed by atoms with Gasteiger partial charge in [-0.15, -0.1) is 10.2 Å². The van der Waals surface area contributed by atoms with E-state index < -0.39 is 0 Å². The Balaban J connectivity index is 1.44. The first-order valence-corrected chi connectivity index (χ1v) is 9.10. The second-order valence-corrected chi connectivity index (χ2v) is 7.21. The van der Waals surface area contributed by atoms with Gasteiger partial charge < -0.3 is 19.2 Å². The number of aryl methyl sites for hydroxylation is 1. The molecule has 2 aliphatic rings. The van der Waals surface area contributed by atoms with Crippen LogP contribution in [0.5, 0.6) is 0 Å². The van der Waals surface area contributed by atoms with Crippen LogP contribution in [0.2, 0.25) is 0 Å². The lowest BCUT2D eigenvalue weighted by Crippen LogP contribution is -2.39. The van der Waals surface area contributed by atoms with Crippen LogP contribution in [0.4, 0.5) is 0 Å². The fourth-order valence-corrected chi connectivity index (χ4v) is 4.06. The summed E-state index contributed by atoms with van der Waals surface area (Å²) < 4.78 is 8.34. The average Bonchev–Trinajstić information content (AvgIpc) is 3.17. The SMILES string of the molecule is Cc1cc(Br)oc1C(=O)N1CCC(c2nnc3n2CCNC3)CC1. The van der Waals surface area contributed by atoms with E-state index in [4.69, 9.17) is 4.42 Å². The molecule has 2 aromatic heterocycles. The number of hydrogen-bond donors (Lipinski definition) is 1. The van der Waals surface area contributed by atoms with E-state index in [0.717, 1.165) is 62.8 Å².